The monoisotopic (exact) mass is 194 g/mol. The molecule has 2 atom stereocenters. The summed E-state index contributed by atoms with van der Waals surface area (Å²) in [5, 5.41) is 0. The third-order valence-corrected chi connectivity index (χ3v) is 3.08. The van der Waals surface area contributed by atoms with Crippen LogP contribution in [0.3, 0.4) is 0 Å². The Morgan fingerprint density at radius 1 is 1.64 bits per heavy atom. The molecule has 2 heteroatoms. The van der Waals surface area contributed by atoms with Crippen molar-refractivity contribution < 1.29 is 0 Å². The van der Waals surface area contributed by atoms with Crippen LogP contribution in [0.4, 0.5) is 0 Å². The minimum atomic E-state index is 0.338. The summed E-state index contributed by atoms with van der Waals surface area (Å²) >= 11 is 0. The van der Waals surface area contributed by atoms with Crippen molar-refractivity contribution in [3.63, 3.8) is 0 Å². The Hall–Kier alpha value is -0.520. The molecule has 0 aromatic carbocycles. The van der Waals surface area contributed by atoms with E-state index in [9.17, 15) is 0 Å². The molecular weight excluding hydrogens is 172 g/mol. The van der Waals surface area contributed by atoms with E-state index in [4.69, 9.17) is 12.2 Å². The van der Waals surface area contributed by atoms with Gasteiger partial charge in [0.1, 0.15) is 0 Å². The molecule has 80 valence electrons. The highest BCUT2D eigenvalue weighted by Gasteiger charge is 2.21. The minimum Gasteiger partial charge on any atom is -0.328 e. The third kappa shape index (κ3) is 3.69. The molecule has 0 spiro atoms. The molecule has 2 unspecified atom stereocenters. The summed E-state index contributed by atoms with van der Waals surface area (Å²) in [5.41, 5.74) is 5.93. The van der Waals surface area contributed by atoms with E-state index in [0.29, 0.717) is 12.0 Å². The van der Waals surface area contributed by atoms with E-state index >= 15 is 0 Å². The molecule has 0 aromatic rings. The maximum atomic E-state index is 5.93. The number of piperidine rings is 1. The van der Waals surface area contributed by atoms with Crippen molar-refractivity contribution in [1.82, 2.24) is 4.90 Å². The van der Waals surface area contributed by atoms with Gasteiger partial charge >= 0.3 is 0 Å². The van der Waals surface area contributed by atoms with Crippen molar-refractivity contribution in [1.29, 1.82) is 0 Å². The van der Waals surface area contributed by atoms with Gasteiger partial charge in [-0.1, -0.05) is 0 Å². The Balaban J connectivity index is 2.23. The van der Waals surface area contributed by atoms with Crippen LogP contribution in [-0.2, 0) is 0 Å². The van der Waals surface area contributed by atoms with E-state index in [1.54, 1.807) is 0 Å². The van der Waals surface area contributed by atoms with Gasteiger partial charge in [-0.15, -0.1) is 12.3 Å². The highest BCUT2D eigenvalue weighted by atomic mass is 15.1. The second-order valence-electron chi connectivity index (χ2n) is 4.37. The number of hydrogen-bond donors (Lipinski definition) is 1. The molecule has 2 N–H and O–H groups in total. The minimum absolute atomic E-state index is 0.338. The average Bonchev–Trinajstić information content (AvgIpc) is 2.19. The van der Waals surface area contributed by atoms with E-state index in [1.807, 2.05) is 0 Å². The lowest BCUT2D eigenvalue weighted by Gasteiger charge is -2.34. The molecule has 1 aliphatic rings. The SMILES string of the molecule is C#CCCCN1CCCC(C(C)N)C1. The predicted molar refractivity (Wildman–Crippen MR) is 60.9 cm³/mol. The van der Waals surface area contributed by atoms with E-state index in [2.05, 4.69) is 17.7 Å². The molecule has 1 aliphatic heterocycles. The molecule has 0 radical (unpaired) electrons. The van der Waals surface area contributed by atoms with Crippen LogP contribution in [0.25, 0.3) is 0 Å². The zero-order valence-electron chi connectivity index (χ0n) is 9.21. The Labute approximate surface area is 87.8 Å². The summed E-state index contributed by atoms with van der Waals surface area (Å²) in [7, 11) is 0. The first kappa shape index (κ1) is 11.6. The van der Waals surface area contributed by atoms with Crippen molar-refractivity contribution in [3.8, 4) is 12.3 Å². The summed E-state index contributed by atoms with van der Waals surface area (Å²) in [4.78, 5) is 2.51. The highest BCUT2D eigenvalue weighted by Crippen LogP contribution is 2.18. The Morgan fingerprint density at radius 3 is 3.07 bits per heavy atom. The molecule has 0 aromatic heterocycles. The Kier molecular flexibility index (Phi) is 5.00. The summed E-state index contributed by atoms with van der Waals surface area (Å²) in [6.45, 7) is 5.67. The van der Waals surface area contributed by atoms with E-state index in [1.165, 1.54) is 25.9 Å². The summed E-state index contributed by atoms with van der Waals surface area (Å²) < 4.78 is 0. The lowest BCUT2D eigenvalue weighted by Crippen LogP contribution is -2.42. The molecule has 1 heterocycles. The fourth-order valence-corrected chi connectivity index (χ4v) is 2.13. The molecule has 1 saturated heterocycles. The van der Waals surface area contributed by atoms with Gasteiger partial charge < -0.3 is 10.6 Å². The Morgan fingerprint density at radius 2 is 2.43 bits per heavy atom. The first-order valence-electron chi connectivity index (χ1n) is 5.65. The molecule has 0 saturated carbocycles. The van der Waals surface area contributed by atoms with Crippen molar-refractivity contribution >= 4 is 0 Å². The maximum absolute atomic E-state index is 5.93. The Bertz CT molecular complexity index is 193. The lowest BCUT2D eigenvalue weighted by atomic mass is 9.92. The van der Waals surface area contributed by atoms with Crippen LogP contribution >= 0.6 is 0 Å². The van der Waals surface area contributed by atoms with Crippen molar-refractivity contribution in [2.24, 2.45) is 11.7 Å². The fraction of sp³-hybridized carbons (Fsp3) is 0.833. The molecular formula is C12H22N2. The highest BCUT2D eigenvalue weighted by molar-refractivity contribution is 4.84. The largest absolute Gasteiger partial charge is 0.328 e. The predicted octanol–water partition coefficient (Wildman–Crippen LogP) is 1.46. The average molecular weight is 194 g/mol. The van der Waals surface area contributed by atoms with Crippen LogP contribution in [0.1, 0.15) is 32.6 Å². The van der Waals surface area contributed by atoms with Gasteiger partial charge in [-0.2, -0.15) is 0 Å². The van der Waals surface area contributed by atoms with Gasteiger partial charge in [0.2, 0.25) is 0 Å². The normalized spacial score (nSPS) is 25.6. The van der Waals surface area contributed by atoms with Crippen LogP contribution in [0.5, 0.6) is 0 Å². The first-order chi connectivity index (χ1) is 6.74. The molecule has 0 bridgehead atoms. The topological polar surface area (TPSA) is 29.3 Å². The number of terminal acetylenes is 1. The molecule has 1 rings (SSSR count). The van der Waals surface area contributed by atoms with E-state index in [0.717, 1.165) is 19.4 Å². The van der Waals surface area contributed by atoms with E-state index < -0.39 is 0 Å². The van der Waals surface area contributed by atoms with Crippen molar-refractivity contribution in [2.45, 2.75) is 38.6 Å². The first-order valence-corrected chi connectivity index (χ1v) is 5.65. The van der Waals surface area contributed by atoms with Crippen LogP contribution in [0.2, 0.25) is 0 Å². The molecule has 0 amide bonds. The van der Waals surface area contributed by atoms with Gasteiger partial charge in [0.25, 0.3) is 0 Å². The standard InChI is InChI=1S/C12H22N2/c1-3-4-5-8-14-9-6-7-12(10-14)11(2)13/h1,11-12H,4-10,13H2,2H3. The summed E-state index contributed by atoms with van der Waals surface area (Å²) in [6, 6.07) is 0.338. The van der Waals surface area contributed by atoms with Gasteiger partial charge in [-0.3, -0.25) is 0 Å². The summed E-state index contributed by atoms with van der Waals surface area (Å²) in [5.74, 6) is 3.38. The number of hydrogen-bond acceptors (Lipinski definition) is 2. The van der Waals surface area contributed by atoms with Crippen LogP contribution in [0.15, 0.2) is 0 Å². The maximum Gasteiger partial charge on any atom is 0.00982 e. The van der Waals surface area contributed by atoms with Crippen LogP contribution < -0.4 is 5.73 Å². The molecule has 2 nitrogen and oxygen atoms in total. The van der Waals surface area contributed by atoms with Crippen LogP contribution in [0, 0.1) is 18.3 Å². The summed E-state index contributed by atoms with van der Waals surface area (Å²) in [6.07, 6.45) is 9.85. The van der Waals surface area contributed by atoms with Crippen molar-refractivity contribution in [2.75, 3.05) is 19.6 Å². The van der Waals surface area contributed by atoms with Crippen molar-refractivity contribution in [3.05, 3.63) is 0 Å². The quantitative estimate of drug-likeness (QED) is 0.542. The van der Waals surface area contributed by atoms with Gasteiger partial charge in [0.15, 0.2) is 0 Å². The number of nitrogens with two attached hydrogens (primary N) is 1. The second kappa shape index (κ2) is 6.06. The number of unbranched alkanes of at least 4 members (excludes halogenated alkanes) is 1. The molecule has 1 fully saturated rings. The van der Waals surface area contributed by atoms with Crippen LogP contribution in [-0.4, -0.2) is 30.6 Å². The smallest absolute Gasteiger partial charge is 0.00982 e. The van der Waals surface area contributed by atoms with Gasteiger partial charge in [0, 0.05) is 19.0 Å². The zero-order chi connectivity index (χ0) is 10.4. The molecule has 0 aliphatic carbocycles. The molecule has 14 heavy (non-hydrogen) atoms. The van der Waals surface area contributed by atoms with Gasteiger partial charge in [-0.25, -0.2) is 0 Å². The number of rotatable bonds is 4. The second-order valence-corrected chi connectivity index (χ2v) is 4.37. The lowest BCUT2D eigenvalue weighted by molar-refractivity contribution is 0.160. The third-order valence-electron chi connectivity index (χ3n) is 3.08. The fourth-order valence-electron chi connectivity index (χ4n) is 2.13. The van der Waals surface area contributed by atoms with Gasteiger partial charge in [-0.05, 0) is 45.2 Å². The number of nitrogens with zero attached hydrogens (tertiary/aromatic N) is 1. The zero-order valence-corrected chi connectivity index (χ0v) is 9.21. The van der Waals surface area contributed by atoms with E-state index in [-0.39, 0.29) is 0 Å². The number of likely N-dealkylation sites (tertiary alicyclic amines) is 1. The van der Waals surface area contributed by atoms with Gasteiger partial charge in [0.05, 0.1) is 0 Å².